The molecule has 0 fully saturated rings. The van der Waals surface area contributed by atoms with Crippen molar-refractivity contribution in [3.63, 3.8) is 0 Å². The predicted octanol–water partition coefficient (Wildman–Crippen LogP) is -0.406. The van der Waals surface area contributed by atoms with Crippen LogP contribution in [-0.2, 0) is 22.5 Å². The van der Waals surface area contributed by atoms with E-state index >= 15 is 0 Å². The van der Waals surface area contributed by atoms with Gasteiger partial charge in [0.15, 0.2) is 5.69 Å². The molecule has 3 N–H and O–H groups in total. The van der Waals surface area contributed by atoms with E-state index in [9.17, 15) is 9.59 Å². The quantitative estimate of drug-likeness (QED) is 0.644. The maximum absolute atomic E-state index is 12.0. The summed E-state index contributed by atoms with van der Waals surface area (Å²) >= 11 is 0. The van der Waals surface area contributed by atoms with Crippen LogP contribution in [0.5, 0.6) is 0 Å². The number of carbonyl (C=O) groups excluding carboxylic acids is 2. The molecule has 1 aromatic heterocycles. The van der Waals surface area contributed by atoms with Gasteiger partial charge in [-0.3, -0.25) is 14.7 Å². The summed E-state index contributed by atoms with van der Waals surface area (Å²) in [6, 6.07) is 0. The number of methoxy groups -OCH3 is 1. The molecule has 104 valence electrons. The van der Waals surface area contributed by atoms with Crippen LogP contribution in [0.25, 0.3) is 0 Å². The molecular formula is C12H18N4O3. The van der Waals surface area contributed by atoms with Crippen molar-refractivity contribution in [2.45, 2.75) is 19.9 Å². The van der Waals surface area contributed by atoms with E-state index in [4.69, 9.17) is 0 Å². The lowest BCUT2D eigenvalue weighted by Crippen LogP contribution is -2.33. The number of nitrogens with zero attached hydrogens (tertiary/aromatic N) is 1. The molecule has 1 aliphatic rings. The fraction of sp³-hybridized carbons (Fsp3) is 0.583. The molecule has 1 aromatic rings. The van der Waals surface area contributed by atoms with Crippen molar-refractivity contribution in [3.8, 4) is 0 Å². The van der Waals surface area contributed by atoms with Crippen LogP contribution in [0.3, 0.4) is 0 Å². The number of hydrogen-bond acceptors (Lipinski definition) is 5. The highest BCUT2D eigenvalue weighted by Crippen LogP contribution is 2.15. The fourth-order valence-electron chi connectivity index (χ4n) is 2.03. The van der Waals surface area contributed by atoms with Crippen LogP contribution in [0.15, 0.2) is 0 Å². The summed E-state index contributed by atoms with van der Waals surface area (Å²) in [7, 11) is 1.33. The summed E-state index contributed by atoms with van der Waals surface area (Å²) in [4.78, 5) is 23.3. The number of hydrogen-bond donors (Lipinski definition) is 3. The van der Waals surface area contributed by atoms with E-state index in [1.165, 1.54) is 7.11 Å². The maximum Gasteiger partial charge on any atom is 0.310 e. The average Bonchev–Trinajstić information content (AvgIpc) is 2.87. The third-order valence-corrected chi connectivity index (χ3v) is 3.19. The zero-order chi connectivity index (χ0) is 13.8. The molecule has 7 nitrogen and oxygen atoms in total. The average molecular weight is 266 g/mol. The Kier molecular flexibility index (Phi) is 4.16. The van der Waals surface area contributed by atoms with Crippen molar-refractivity contribution in [2.75, 3.05) is 20.2 Å². The minimum Gasteiger partial charge on any atom is -0.469 e. The molecule has 0 aliphatic carbocycles. The number of nitrogens with one attached hydrogen (secondary N) is 3. The molecule has 0 aromatic carbocycles. The van der Waals surface area contributed by atoms with Gasteiger partial charge in [0.05, 0.1) is 13.0 Å². The van der Waals surface area contributed by atoms with Crippen molar-refractivity contribution < 1.29 is 14.3 Å². The first-order valence-corrected chi connectivity index (χ1v) is 6.26. The molecule has 1 unspecified atom stereocenters. The zero-order valence-corrected chi connectivity index (χ0v) is 11.1. The molecule has 1 atom stereocenters. The third kappa shape index (κ3) is 2.93. The smallest absolute Gasteiger partial charge is 0.310 e. The molecular weight excluding hydrogens is 248 g/mol. The van der Waals surface area contributed by atoms with Crippen molar-refractivity contribution >= 4 is 11.9 Å². The van der Waals surface area contributed by atoms with Gasteiger partial charge in [-0.2, -0.15) is 5.10 Å². The van der Waals surface area contributed by atoms with Crippen LogP contribution < -0.4 is 10.6 Å². The lowest BCUT2D eigenvalue weighted by atomic mass is 10.1. The van der Waals surface area contributed by atoms with Crippen LogP contribution in [0.2, 0.25) is 0 Å². The molecule has 0 radical (unpaired) electrons. The monoisotopic (exact) mass is 266 g/mol. The SMILES string of the molecule is COC(=O)C(C)CNC(=O)c1n[nH]c2c1CNCC2. The largest absolute Gasteiger partial charge is 0.469 e. The van der Waals surface area contributed by atoms with E-state index in [-0.39, 0.29) is 24.3 Å². The summed E-state index contributed by atoms with van der Waals surface area (Å²) in [5, 5.41) is 12.8. The molecule has 19 heavy (non-hydrogen) atoms. The second-order valence-corrected chi connectivity index (χ2v) is 4.59. The lowest BCUT2D eigenvalue weighted by molar-refractivity contribution is -0.144. The number of fused-ring (bicyclic) bond motifs is 1. The van der Waals surface area contributed by atoms with E-state index in [1.54, 1.807) is 6.92 Å². The summed E-state index contributed by atoms with van der Waals surface area (Å²) in [5.74, 6) is -0.982. The number of ether oxygens (including phenoxy) is 1. The van der Waals surface area contributed by atoms with Gasteiger partial charge in [-0.25, -0.2) is 0 Å². The maximum atomic E-state index is 12.0. The number of H-pyrrole nitrogens is 1. The lowest BCUT2D eigenvalue weighted by Gasteiger charge is -2.13. The van der Waals surface area contributed by atoms with Gasteiger partial charge in [0, 0.05) is 37.3 Å². The second kappa shape index (κ2) is 5.83. The molecule has 0 saturated carbocycles. The van der Waals surface area contributed by atoms with E-state index in [0.717, 1.165) is 24.2 Å². The number of aromatic amines is 1. The Morgan fingerprint density at radius 1 is 1.53 bits per heavy atom. The zero-order valence-electron chi connectivity index (χ0n) is 11.1. The normalized spacial score (nSPS) is 15.5. The Hall–Kier alpha value is -1.89. The van der Waals surface area contributed by atoms with Gasteiger partial charge in [0.2, 0.25) is 0 Å². The number of carbonyl (C=O) groups is 2. The summed E-state index contributed by atoms with van der Waals surface area (Å²) < 4.78 is 4.60. The van der Waals surface area contributed by atoms with Crippen molar-refractivity contribution in [1.82, 2.24) is 20.8 Å². The van der Waals surface area contributed by atoms with Gasteiger partial charge in [-0.1, -0.05) is 6.92 Å². The predicted molar refractivity (Wildman–Crippen MR) is 67.5 cm³/mol. The Bertz CT molecular complexity index is 483. The van der Waals surface area contributed by atoms with E-state index in [0.29, 0.717) is 12.2 Å². The molecule has 0 saturated heterocycles. The van der Waals surface area contributed by atoms with Gasteiger partial charge in [0.25, 0.3) is 5.91 Å². The van der Waals surface area contributed by atoms with Gasteiger partial charge < -0.3 is 15.4 Å². The topological polar surface area (TPSA) is 96.1 Å². The first-order chi connectivity index (χ1) is 9.13. The second-order valence-electron chi connectivity index (χ2n) is 4.59. The molecule has 2 rings (SSSR count). The third-order valence-electron chi connectivity index (χ3n) is 3.19. The molecule has 0 bridgehead atoms. The molecule has 7 heteroatoms. The first kappa shape index (κ1) is 13.5. The van der Waals surface area contributed by atoms with Gasteiger partial charge in [-0.05, 0) is 0 Å². The van der Waals surface area contributed by atoms with Gasteiger partial charge in [-0.15, -0.1) is 0 Å². The summed E-state index contributed by atoms with van der Waals surface area (Å²) in [5.41, 5.74) is 2.32. The van der Waals surface area contributed by atoms with Gasteiger partial charge >= 0.3 is 5.97 Å². The minimum atomic E-state index is -0.373. The fourth-order valence-corrected chi connectivity index (χ4v) is 2.03. The highest BCUT2D eigenvalue weighted by molar-refractivity contribution is 5.94. The molecule has 2 heterocycles. The van der Waals surface area contributed by atoms with Crippen LogP contribution in [-0.4, -0.2) is 42.3 Å². The first-order valence-electron chi connectivity index (χ1n) is 6.26. The van der Waals surface area contributed by atoms with Crippen molar-refractivity contribution in [3.05, 3.63) is 17.0 Å². The Labute approximate surface area is 111 Å². The molecule has 0 spiro atoms. The Morgan fingerprint density at radius 2 is 2.32 bits per heavy atom. The van der Waals surface area contributed by atoms with Crippen LogP contribution >= 0.6 is 0 Å². The Balaban J connectivity index is 1.97. The van der Waals surface area contributed by atoms with Crippen LogP contribution in [0.4, 0.5) is 0 Å². The van der Waals surface area contributed by atoms with Crippen LogP contribution in [0, 0.1) is 5.92 Å². The van der Waals surface area contributed by atoms with E-state index < -0.39 is 0 Å². The molecule has 1 amide bonds. The van der Waals surface area contributed by atoms with E-state index in [2.05, 4.69) is 25.6 Å². The summed E-state index contributed by atoms with van der Waals surface area (Å²) in [6.07, 6.45) is 0.841. The number of rotatable bonds is 4. The molecule has 1 aliphatic heterocycles. The van der Waals surface area contributed by atoms with Crippen LogP contribution in [0.1, 0.15) is 28.7 Å². The Morgan fingerprint density at radius 3 is 3.05 bits per heavy atom. The highest BCUT2D eigenvalue weighted by Gasteiger charge is 2.22. The standard InChI is InChI=1S/C12H18N4O3/c1-7(12(18)19-2)5-14-11(17)10-8-6-13-4-3-9(8)15-16-10/h7,13H,3-6H2,1-2H3,(H,14,17)(H,15,16). The van der Waals surface area contributed by atoms with Gasteiger partial charge in [0.1, 0.15) is 0 Å². The minimum absolute atomic E-state index is 0.237. The number of amides is 1. The van der Waals surface area contributed by atoms with Crippen molar-refractivity contribution in [1.29, 1.82) is 0 Å². The number of aromatic nitrogens is 2. The summed E-state index contributed by atoms with van der Waals surface area (Å²) in [6.45, 7) is 3.46. The highest BCUT2D eigenvalue weighted by atomic mass is 16.5. The number of esters is 1. The van der Waals surface area contributed by atoms with E-state index in [1.807, 2.05) is 0 Å². The van der Waals surface area contributed by atoms with Crippen molar-refractivity contribution in [2.24, 2.45) is 5.92 Å².